The standard InChI is InChI=1S/C6H15NO3.CH2O2/c8-4-1-7(2-5-9)3-6-10;2-1-3/h8-10H,1-6H2;1H,(H,2,3). The highest BCUT2D eigenvalue weighted by Crippen LogP contribution is 1.52. The number of aliphatic hydroxyl groups is 3. The molecule has 80 valence electrons. The van der Waals surface area contributed by atoms with Crippen molar-refractivity contribution in [3.05, 3.63) is 0 Å². The second-order valence-electron chi connectivity index (χ2n) is 2.27. The first-order valence-electron chi connectivity index (χ1n) is 3.98. The Morgan fingerprint density at radius 3 is 1.38 bits per heavy atom. The Morgan fingerprint density at radius 1 is 1.00 bits per heavy atom. The third-order valence-electron chi connectivity index (χ3n) is 1.40. The first kappa shape index (κ1) is 14.8. The average molecular weight is 195 g/mol. The summed E-state index contributed by atoms with van der Waals surface area (Å²) in [6.07, 6.45) is 0. The van der Waals surface area contributed by atoms with E-state index >= 15 is 0 Å². The lowest BCUT2D eigenvalue weighted by Gasteiger charge is -2.15. The molecule has 0 aromatic carbocycles. The van der Waals surface area contributed by atoms with Gasteiger partial charge >= 0.3 is 0 Å². The topological polar surface area (TPSA) is 105 Å². The molecule has 6 heteroatoms. The molecule has 0 aliphatic rings. The zero-order valence-electron chi connectivity index (χ0n) is 7.48. The predicted octanol–water partition coefficient (Wildman–Crippen LogP) is -4.79. The zero-order valence-corrected chi connectivity index (χ0v) is 7.48. The summed E-state index contributed by atoms with van der Waals surface area (Å²) in [6.45, 7) is 1.61. The number of hydrogen-bond acceptors (Lipinski definition) is 5. The highest BCUT2D eigenvalue weighted by atomic mass is 16.3. The van der Waals surface area contributed by atoms with E-state index in [9.17, 15) is 0 Å². The van der Waals surface area contributed by atoms with Crippen molar-refractivity contribution in [2.75, 3.05) is 39.5 Å². The third kappa shape index (κ3) is 14.2. The summed E-state index contributed by atoms with van der Waals surface area (Å²) in [7, 11) is 0. The van der Waals surface area contributed by atoms with Crippen LogP contribution >= 0.6 is 0 Å². The van der Waals surface area contributed by atoms with Gasteiger partial charge in [-0.25, -0.2) is 0 Å². The van der Waals surface area contributed by atoms with Crippen LogP contribution in [0.15, 0.2) is 0 Å². The minimum absolute atomic E-state index is 0.106. The fourth-order valence-electron chi connectivity index (χ4n) is 0.849. The van der Waals surface area contributed by atoms with Crippen molar-refractivity contribution >= 4 is 6.47 Å². The van der Waals surface area contributed by atoms with Crippen LogP contribution in [0.4, 0.5) is 0 Å². The van der Waals surface area contributed by atoms with Crippen LogP contribution in [0, 0.1) is 0 Å². The lowest BCUT2D eigenvalue weighted by atomic mass is 10.4. The zero-order chi connectivity index (χ0) is 10.5. The van der Waals surface area contributed by atoms with Crippen molar-refractivity contribution in [3.8, 4) is 0 Å². The average Bonchev–Trinajstić information content (AvgIpc) is 2.07. The summed E-state index contributed by atoms with van der Waals surface area (Å²) in [4.78, 5) is 9.28. The molecule has 0 heterocycles. The van der Waals surface area contributed by atoms with E-state index in [-0.39, 0.29) is 19.8 Å². The van der Waals surface area contributed by atoms with Gasteiger partial charge in [0.1, 0.15) is 19.6 Å². The van der Waals surface area contributed by atoms with E-state index < -0.39 is 6.47 Å². The van der Waals surface area contributed by atoms with Crippen LogP contribution in [0.25, 0.3) is 0 Å². The number of nitrogens with one attached hydrogen (secondary N) is 1. The van der Waals surface area contributed by atoms with Crippen LogP contribution in [-0.4, -0.2) is 61.2 Å². The van der Waals surface area contributed by atoms with Crippen molar-refractivity contribution in [2.45, 2.75) is 0 Å². The summed E-state index contributed by atoms with van der Waals surface area (Å²) in [6, 6.07) is 0. The van der Waals surface area contributed by atoms with Gasteiger partial charge in [0, 0.05) is 6.47 Å². The first-order chi connectivity index (χ1) is 6.26. The fraction of sp³-hybridized carbons (Fsp3) is 0.857. The van der Waals surface area contributed by atoms with Gasteiger partial charge in [-0.3, -0.25) is 0 Å². The van der Waals surface area contributed by atoms with Gasteiger partial charge in [-0.1, -0.05) is 0 Å². The Hall–Kier alpha value is -0.690. The first-order valence-corrected chi connectivity index (χ1v) is 3.98. The summed E-state index contributed by atoms with van der Waals surface area (Å²) in [5.41, 5.74) is 0. The molecule has 0 aliphatic carbocycles. The molecule has 0 bridgehead atoms. The number of carbonyl (C=O) groups excluding carboxylic acids is 1. The van der Waals surface area contributed by atoms with Crippen molar-refractivity contribution in [1.29, 1.82) is 0 Å². The number of carboxylic acid groups (broad SMARTS) is 1. The Balaban J connectivity index is 0. The van der Waals surface area contributed by atoms with Crippen LogP contribution in [0.1, 0.15) is 0 Å². The normalized spacial score (nSPS) is 9.23. The van der Waals surface area contributed by atoms with E-state index in [4.69, 9.17) is 25.2 Å². The largest absolute Gasteiger partial charge is 0.554 e. The Kier molecular flexibility index (Phi) is 15.8. The van der Waals surface area contributed by atoms with Gasteiger partial charge in [-0.15, -0.1) is 0 Å². The van der Waals surface area contributed by atoms with Crippen LogP contribution in [-0.2, 0) is 4.79 Å². The maximum absolute atomic E-state index is 8.51. The molecule has 0 atom stereocenters. The number of rotatable bonds is 6. The summed E-state index contributed by atoms with van der Waals surface area (Å²) in [5, 5.41) is 33.8. The van der Waals surface area contributed by atoms with Gasteiger partial charge in [0.15, 0.2) is 0 Å². The number of carbonyl (C=O) groups is 1. The van der Waals surface area contributed by atoms with Gasteiger partial charge in [-0.2, -0.15) is 0 Å². The van der Waals surface area contributed by atoms with Crippen LogP contribution in [0.3, 0.4) is 0 Å². The van der Waals surface area contributed by atoms with Gasteiger partial charge in [0.2, 0.25) is 0 Å². The van der Waals surface area contributed by atoms with Gasteiger partial charge in [0.05, 0.1) is 19.8 Å². The molecule has 0 unspecified atom stereocenters. The van der Waals surface area contributed by atoms with E-state index in [1.54, 1.807) is 0 Å². The Bertz CT molecular complexity index is 86.6. The lowest BCUT2D eigenvalue weighted by molar-refractivity contribution is -0.901. The molecule has 4 N–H and O–H groups in total. The smallest absolute Gasteiger partial charge is 0.101 e. The number of aliphatic hydroxyl groups excluding tert-OH is 3. The van der Waals surface area contributed by atoms with E-state index in [0.29, 0.717) is 19.6 Å². The molecule has 0 radical (unpaired) electrons. The van der Waals surface area contributed by atoms with Crippen molar-refractivity contribution in [1.82, 2.24) is 0 Å². The second kappa shape index (κ2) is 13.9. The molecule has 0 saturated heterocycles. The summed E-state index contributed by atoms with van der Waals surface area (Å²) >= 11 is 0. The Morgan fingerprint density at radius 2 is 1.23 bits per heavy atom. The fourth-order valence-corrected chi connectivity index (χ4v) is 0.849. The maximum Gasteiger partial charge on any atom is 0.101 e. The molecular formula is C7H17NO5. The second-order valence-corrected chi connectivity index (χ2v) is 2.27. The van der Waals surface area contributed by atoms with Crippen LogP contribution < -0.4 is 10.0 Å². The minimum atomic E-state index is -0.500. The van der Waals surface area contributed by atoms with E-state index in [2.05, 4.69) is 0 Å². The molecule has 6 nitrogen and oxygen atoms in total. The molecule has 0 fully saturated rings. The van der Waals surface area contributed by atoms with Crippen molar-refractivity contribution < 1.29 is 30.1 Å². The molecule has 0 saturated carbocycles. The Labute approximate surface area is 77.0 Å². The quantitative estimate of drug-likeness (QED) is 0.318. The molecule has 0 rings (SSSR count). The van der Waals surface area contributed by atoms with Gasteiger partial charge in [-0.05, 0) is 0 Å². The summed E-state index contributed by atoms with van der Waals surface area (Å²) < 4.78 is 0. The summed E-state index contributed by atoms with van der Waals surface area (Å²) in [5.74, 6) is 0. The van der Waals surface area contributed by atoms with Gasteiger partial charge in [0.25, 0.3) is 0 Å². The number of quaternary nitrogens is 1. The minimum Gasteiger partial charge on any atom is -0.554 e. The monoisotopic (exact) mass is 195 g/mol. The van der Waals surface area contributed by atoms with E-state index in [1.165, 1.54) is 0 Å². The van der Waals surface area contributed by atoms with E-state index in [1.807, 2.05) is 0 Å². The highest BCUT2D eigenvalue weighted by molar-refractivity contribution is 5.29. The van der Waals surface area contributed by atoms with Gasteiger partial charge < -0.3 is 30.1 Å². The third-order valence-corrected chi connectivity index (χ3v) is 1.40. The highest BCUT2D eigenvalue weighted by Gasteiger charge is 2.03. The number of hydrogen-bond donors (Lipinski definition) is 4. The molecule has 0 spiro atoms. The SMILES string of the molecule is O=C[O-].OCC[NH+](CCO)CCO. The molecular weight excluding hydrogens is 178 g/mol. The molecule has 0 aromatic rings. The molecule has 0 aliphatic heterocycles. The van der Waals surface area contributed by atoms with Crippen molar-refractivity contribution in [2.24, 2.45) is 0 Å². The lowest BCUT2D eigenvalue weighted by Crippen LogP contribution is -3.13. The van der Waals surface area contributed by atoms with E-state index in [0.717, 1.165) is 4.90 Å². The van der Waals surface area contributed by atoms with Crippen molar-refractivity contribution in [3.63, 3.8) is 0 Å². The molecule has 13 heavy (non-hydrogen) atoms. The predicted molar refractivity (Wildman–Crippen MR) is 42.9 cm³/mol. The molecule has 0 aromatic heterocycles. The molecule has 0 amide bonds. The maximum atomic E-state index is 8.51. The van der Waals surface area contributed by atoms with Crippen LogP contribution in [0.2, 0.25) is 0 Å². The van der Waals surface area contributed by atoms with Crippen LogP contribution in [0.5, 0.6) is 0 Å².